The molecule has 0 bridgehead atoms. The Bertz CT molecular complexity index is 305. The molecule has 1 N–H and O–H groups in total. The first kappa shape index (κ1) is 14.2. The first-order chi connectivity index (χ1) is 8.17. The maximum atomic E-state index is 5.10. The van der Waals surface area contributed by atoms with Gasteiger partial charge in [0.05, 0.1) is 6.61 Å². The van der Waals surface area contributed by atoms with E-state index in [1.807, 2.05) is 0 Å². The van der Waals surface area contributed by atoms with Crippen LogP contribution in [0, 0.1) is 5.92 Å². The molecule has 1 aromatic rings. The van der Waals surface area contributed by atoms with Crippen LogP contribution in [0.25, 0.3) is 0 Å². The lowest BCUT2D eigenvalue weighted by Gasteiger charge is -2.20. The van der Waals surface area contributed by atoms with Gasteiger partial charge in [0.15, 0.2) is 0 Å². The van der Waals surface area contributed by atoms with Gasteiger partial charge in [0.25, 0.3) is 0 Å². The summed E-state index contributed by atoms with van der Waals surface area (Å²) in [7, 11) is 1.73. The molecule has 0 aromatic heterocycles. The van der Waals surface area contributed by atoms with E-state index in [4.69, 9.17) is 4.74 Å². The zero-order valence-electron chi connectivity index (χ0n) is 11.5. The Kier molecular flexibility index (Phi) is 6.23. The van der Waals surface area contributed by atoms with Crippen molar-refractivity contribution in [3.63, 3.8) is 0 Å². The molecule has 17 heavy (non-hydrogen) atoms. The van der Waals surface area contributed by atoms with E-state index in [0.29, 0.717) is 18.6 Å². The first-order valence-corrected chi connectivity index (χ1v) is 6.47. The third-order valence-electron chi connectivity index (χ3n) is 3.15. The fraction of sp³-hybridized carbons (Fsp3) is 0.600. The van der Waals surface area contributed by atoms with Gasteiger partial charge in [0.2, 0.25) is 0 Å². The highest BCUT2D eigenvalue weighted by Crippen LogP contribution is 2.09. The van der Waals surface area contributed by atoms with Gasteiger partial charge in [-0.25, -0.2) is 0 Å². The second-order valence-corrected chi connectivity index (χ2v) is 4.89. The molecule has 0 amide bonds. The minimum absolute atomic E-state index is 0.605. The summed E-state index contributed by atoms with van der Waals surface area (Å²) in [5, 5.41) is 3.61. The molecule has 1 rings (SSSR count). The number of ether oxygens (including phenoxy) is 1. The standard InChI is InChI=1S/C15H25NO/c1-5-15(12(2)3)16-10-13-6-8-14(9-7-13)11-17-4/h6-9,12,15-16H,5,10-11H2,1-4H3. The molecule has 2 heteroatoms. The topological polar surface area (TPSA) is 21.3 Å². The average molecular weight is 235 g/mol. The Morgan fingerprint density at radius 3 is 2.18 bits per heavy atom. The van der Waals surface area contributed by atoms with Crippen LogP contribution in [0.4, 0.5) is 0 Å². The van der Waals surface area contributed by atoms with Crippen molar-refractivity contribution in [3.05, 3.63) is 35.4 Å². The molecule has 1 unspecified atom stereocenters. The highest BCUT2D eigenvalue weighted by Gasteiger charge is 2.09. The molecule has 1 aromatic carbocycles. The van der Waals surface area contributed by atoms with Crippen LogP contribution >= 0.6 is 0 Å². The van der Waals surface area contributed by atoms with Gasteiger partial charge in [-0.3, -0.25) is 0 Å². The number of benzene rings is 1. The van der Waals surface area contributed by atoms with E-state index in [1.54, 1.807) is 7.11 Å². The van der Waals surface area contributed by atoms with Gasteiger partial charge in [-0.05, 0) is 23.5 Å². The van der Waals surface area contributed by atoms with Crippen LogP contribution in [-0.4, -0.2) is 13.2 Å². The molecule has 0 spiro atoms. The van der Waals surface area contributed by atoms with Gasteiger partial charge >= 0.3 is 0 Å². The fourth-order valence-corrected chi connectivity index (χ4v) is 2.02. The highest BCUT2D eigenvalue weighted by atomic mass is 16.5. The van der Waals surface area contributed by atoms with Crippen molar-refractivity contribution < 1.29 is 4.74 Å². The van der Waals surface area contributed by atoms with Gasteiger partial charge in [0, 0.05) is 19.7 Å². The molecular weight excluding hydrogens is 210 g/mol. The number of hydrogen-bond donors (Lipinski definition) is 1. The van der Waals surface area contributed by atoms with Crippen molar-refractivity contribution in [2.24, 2.45) is 5.92 Å². The summed E-state index contributed by atoms with van der Waals surface area (Å²) in [6, 6.07) is 9.23. The van der Waals surface area contributed by atoms with Crippen LogP contribution in [0.3, 0.4) is 0 Å². The van der Waals surface area contributed by atoms with E-state index < -0.39 is 0 Å². The maximum absolute atomic E-state index is 5.10. The van der Waals surface area contributed by atoms with Crippen molar-refractivity contribution in [2.45, 2.75) is 46.4 Å². The molecule has 0 aliphatic rings. The SMILES string of the molecule is CCC(NCc1ccc(COC)cc1)C(C)C. The van der Waals surface area contributed by atoms with E-state index in [9.17, 15) is 0 Å². The first-order valence-electron chi connectivity index (χ1n) is 6.47. The minimum atomic E-state index is 0.605. The molecular formula is C15H25NO. The van der Waals surface area contributed by atoms with Crippen LogP contribution in [-0.2, 0) is 17.9 Å². The van der Waals surface area contributed by atoms with Gasteiger partial charge in [-0.15, -0.1) is 0 Å². The predicted octanol–water partition coefficient (Wildman–Crippen LogP) is 3.36. The molecule has 1 atom stereocenters. The van der Waals surface area contributed by atoms with Crippen molar-refractivity contribution in [1.82, 2.24) is 5.32 Å². The molecule has 0 aliphatic heterocycles. The van der Waals surface area contributed by atoms with Gasteiger partial charge in [0.1, 0.15) is 0 Å². The normalized spacial score (nSPS) is 13.0. The molecule has 0 fully saturated rings. The fourth-order valence-electron chi connectivity index (χ4n) is 2.02. The Balaban J connectivity index is 2.46. The number of rotatable bonds is 7. The van der Waals surface area contributed by atoms with Crippen molar-refractivity contribution in [1.29, 1.82) is 0 Å². The van der Waals surface area contributed by atoms with E-state index in [1.165, 1.54) is 17.5 Å². The number of methoxy groups -OCH3 is 1. The van der Waals surface area contributed by atoms with Gasteiger partial charge < -0.3 is 10.1 Å². The summed E-state index contributed by atoms with van der Waals surface area (Å²) < 4.78 is 5.10. The molecule has 0 heterocycles. The monoisotopic (exact) mass is 235 g/mol. The molecule has 0 aliphatic carbocycles. The molecule has 0 radical (unpaired) electrons. The molecule has 2 nitrogen and oxygen atoms in total. The summed E-state index contributed by atoms with van der Waals surface area (Å²) in [5.74, 6) is 0.688. The van der Waals surface area contributed by atoms with Crippen molar-refractivity contribution >= 4 is 0 Å². The van der Waals surface area contributed by atoms with Crippen LogP contribution < -0.4 is 5.32 Å². The number of hydrogen-bond acceptors (Lipinski definition) is 2. The Hall–Kier alpha value is -0.860. The van der Waals surface area contributed by atoms with Crippen LogP contribution in [0.5, 0.6) is 0 Å². The van der Waals surface area contributed by atoms with E-state index >= 15 is 0 Å². The maximum Gasteiger partial charge on any atom is 0.0713 e. The summed E-state index contributed by atoms with van der Waals surface area (Å²) in [5.41, 5.74) is 2.57. The quantitative estimate of drug-likeness (QED) is 0.782. The molecule has 96 valence electrons. The van der Waals surface area contributed by atoms with Crippen molar-refractivity contribution in [3.8, 4) is 0 Å². The second kappa shape index (κ2) is 7.46. The average Bonchev–Trinajstić information content (AvgIpc) is 2.32. The Morgan fingerprint density at radius 1 is 1.12 bits per heavy atom. The zero-order chi connectivity index (χ0) is 12.7. The highest BCUT2D eigenvalue weighted by molar-refractivity contribution is 5.21. The smallest absolute Gasteiger partial charge is 0.0713 e. The largest absolute Gasteiger partial charge is 0.380 e. The van der Waals surface area contributed by atoms with E-state index in [2.05, 4.69) is 50.4 Å². The predicted molar refractivity (Wildman–Crippen MR) is 72.9 cm³/mol. The lowest BCUT2D eigenvalue weighted by molar-refractivity contribution is 0.185. The zero-order valence-corrected chi connectivity index (χ0v) is 11.5. The van der Waals surface area contributed by atoms with Gasteiger partial charge in [-0.2, -0.15) is 0 Å². The van der Waals surface area contributed by atoms with Crippen LogP contribution in [0.2, 0.25) is 0 Å². The third kappa shape index (κ3) is 4.88. The van der Waals surface area contributed by atoms with Crippen LogP contribution in [0.15, 0.2) is 24.3 Å². The lowest BCUT2D eigenvalue weighted by atomic mass is 10.0. The number of nitrogens with one attached hydrogen (secondary N) is 1. The van der Waals surface area contributed by atoms with Crippen LogP contribution in [0.1, 0.15) is 38.3 Å². The summed E-state index contributed by atoms with van der Waals surface area (Å²) in [6.45, 7) is 8.41. The molecule has 0 saturated carbocycles. The minimum Gasteiger partial charge on any atom is -0.380 e. The third-order valence-corrected chi connectivity index (χ3v) is 3.15. The summed E-state index contributed by atoms with van der Waals surface area (Å²) in [4.78, 5) is 0. The summed E-state index contributed by atoms with van der Waals surface area (Å²) >= 11 is 0. The van der Waals surface area contributed by atoms with E-state index in [-0.39, 0.29) is 0 Å². The van der Waals surface area contributed by atoms with Gasteiger partial charge in [-0.1, -0.05) is 45.0 Å². The van der Waals surface area contributed by atoms with Crippen molar-refractivity contribution in [2.75, 3.05) is 7.11 Å². The Morgan fingerprint density at radius 2 is 1.71 bits per heavy atom. The Labute approximate surface area is 105 Å². The van der Waals surface area contributed by atoms with E-state index in [0.717, 1.165) is 6.54 Å². The lowest BCUT2D eigenvalue weighted by Crippen LogP contribution is -2.32. The second-order valence-electron chi connectivity index (χ2n) is 4.89. The summed E-state index contributed by atoms with van der Waals surface area (Å²) in [6.07, 6.45) is 1.18. The molecule has 0 saturated heterocycles.